The van der Waals surface area contributed by atoms with E-state index in [4.69, 9.17) is 0 Å². The SMILES string of the molecule is CCC1CCCN(C(C)c2cccc(O)c2)CC1. The number of phenolic OH excluding ortho intramolecular Hbond substituents is 1. The summed E-state index contributed by atoms with van der Waals surface area (Å²) >= 11 is 0. The van der Waals surface area contributed by atoms with Gasteiger partial charge in [0.15, 0.2) is 0 Å². The summed E-state index contributed by atoms with van der Waals surface area (Å²) in [5, 5.41) is 9.58. The summed E-state index contributed by atoms with van der Waals surface area (Å²) in [5.74, 6) is 1.28. The van der Waals surface area contributed by atoms with Crippen LogP contribution in [0, 0.1) is 5.92 Å². The van der Waals surface area contributed by atoms with Crippen molar-refractivity contribution in [3.05, 3.63) is 29.8 Å². The zero-order chi connectivity index (χ0) is 13.0. The monoisotopic (exact) mass is 247 g/mol. The molecular formula is C16H25NO. The van der Waals surface area contributed by atoms with Crippen LogP contribution in [0.1, 0.15) is 51.1 Å². The van der Waals surface area contributed by atoms with E-state index < -0.39 is 0 Å². The molecule has 0 amide bonds. The van der Waals surface area contributed by atoms with Crippen molar-refractivity contribution in [2.24, 2.45) is 5.92 Å². The number of likely N-dealkylation sites (tertiary alicyclic amines) is 1. The van der Waals surface area contributed by atoms with E-state index in [9.17, 15) is 5.11 Å². The third-order valence-corrected chi connectivity index (χ3v) is 4.36. The molecular weight excluding hydrogens is 222 g/mol. The number of aromatic hydroxyl groups is 1. The second-order valence-corrected chi connectivity index (χ2v) is 5.51. The normalized spacial score (nSPS) is 23.6. The second kappa shape index (κ2) is 6.24. The van der Waals surface area contributed by atoms with Crippen molar-refractivity contribution in [3.63, 3.8) is 0 Å². The topological polar surface area (TPSA) is 23.5 Å². The fraction of sp³-hybridized carbons (Fsp3) is 0.625. The standard InChI is InChI=1S/C16H25NO/c1-3-14-6-5-10-17(11-9-14)13(2)15-7-4-8-16(18)12-15/h4,7-8,12-14,18H,3,5-6,9-11H2,1-2H3. The molecule has 1 N–H and O–H groups in total. The third kappa shape index (κ3) is 3.26. The molecule has 1 saturated heterocycles. The summed E-state index contributed by atoms with van der Waals surface area (Å²) in [6, 6.07) is 8.10. The first-order chi connectivity index (χ1) is 8.70. The molecule has 18 heavy (non-hydrogen) atoms. The number of benzene rings is 1. The van der Waals surface area contributed by atoms with Crippen molar-refractivity contribution in [2.45, 2.75) is 45.6 Å². The highest BCUT2D eigenvalue weighted by atomic mass is 16.3. The molecule has 0 bridgehead atoms. The average Bonchev–Trinajstić information content (AvgIpc) is 2.63. The van der Waals surface area contributed by atoms with Gasteiger partial charge in [-0.1, -0.05) is 25.5 Å². The van der Waals surface area contributed by atoms with Gasteiger partial charge in [-0.2, -0.15) is 0 Å². The number of hydrogen-bond donors (Lipinski definition) is 1. The summed E-state index contributed by atoms with van der Waals surface area (Å²) in [5.41, 5.74) is 1.23. The molecule has 1 fully saturated rings. The lowest BCUT2D eigenvalue weighted by molar-refractivity contribution is 0.215. The van der Waals surface area contributed by atoms with Gasteiger partial charge < -0.3 is 5.11 Å². The Kier molecular flexibility index (Phi) is 4.65. The van der Waals surface area contributed by atoms with Crippen molar-refractivity contribution in [1.82, 2.24) is 4.90 Å². The molecule has 1 aromatic carbocycles. The first kappa shape index (κ1) is 13.4. The summed E-state index contributed by atoms with van der Waals surface area (Å²) in [4.78, 5) is 2.56. The maximum absolute atomic E-state index is 9.58. The van der Waals surface area contributed by atoms with Crippen LogP contribution in [0.25, 0.3) is 0 Å². The molecule has 2 heteroatoms. The van der Waals surface area contributed by atoms with Gasteiger partial charge in [0.05, 0.1) is 0 Å². The number of hydrogen-bond acceptors (Lipinski definition) is 2. The minimum absolute atomic E-state index is 0.376. The van der Waals surface area contributed by atoms with Gasteiger partial charge in [0.1, 0.15) is 5.75 Å². The maximum Gasteiger partial charge on any atom is 0.115 e. The van der Waals surface area contributed by atoms with E-state index in [2.05, 4.69) is 24.8 Å². The predicted octanol–water partition coefficient (Wildman–Crippen LogP) is 3.97. The van der Waals surface area contributed by atoms with E-state index in [0.29, 0.717) is 11.8 Å². The Morgan fingerprint density at radius 3 is 2.89 bits per heavy atom. The van der Waals surface area contributed by atoms with Gasteiger partial charge in [0.25, 0.3) is 0 Å². The Labute approximate surface area is 111 Å². The van der Waals surface area contributed by atoms with Crippen LogP contribution in [-0.4, -0.2) is 23.1 Å². The Morgan fingerprint density at radius 1 is 1.33 bits per heavy atom. The van der Waals surface area contributed by atoms with Gasteiger partial charge in [-0.15, -0.1) is 0 Å². The molecule has 0 aliphatic carbocycles. The lowest BCUT2D eigenvalue weighted by Crippen LogP contribution is -2.28. The molecule has 2 nitrogen and oxygen atoms in total. The van der Waals surface area contributed by atoms with Crippen molar-refractivity contribution >= 4 is 0 Å². The molecule has 0 spiro atoms. The molecule has 1 aliphatic heterocycles. The van der Waals surface area contributed by atoms with Gasteiger partial charge in [-0.25, -0.2) is 0 Å². The maximum atomic E-state index is 9.58. The highest BCUT2D eigenvalue weighted by Crippen LogP contribution is 2.28. The Balaban J connectivity index is 2.02. The molecule has 0 saturated carbocycles. The second-order valence-electron chi connectivity index (χ2n) is 5.51. The van der Waals surface area contributed by atoms with Gasteiger partial charge >= 0.3 is 0 Å². The van der Waals surface area contributed by atoms with E-state index >= 15 is 0 Å². The van der Waals surface area contributed by atoms with Gasteiger partial charge in [-0.3, -0.25) is 4.90 Å². The summed E-state index contributed by atoms with van der Waals surface area (Å²) < 4.78 is 0. The number of nitrogens with zero attached hydrogens (tertiary/aromatic N) is 1. The van der Waals surface area contributed by atoms with Crippen molar-refractivity contribution in [2.75, 3.05) is 13.1 Å². The zero-order valence-corrected chi connectivity index (χ0v) is 11.6. The Morgan fingerprint density at radius 2 is 2.17 bits per heavy atom. The van der Waals surface area contributed by atoms with Crippen LogP contribution in [0.4, 0.5) is 0 Å². The molecule has 2 unspecified atom stereocenters. The molecule has 2 atom stereocenters. The predicted molar refractivity (Wildman–Crippen MR) is 75.7 cm³/mol. The fourth-order valence-corrected chi connectivity index (χ4v) is 2.98. The summed E-state index contributed by atoms with van der Waals surface area (Å²) in [6.07, 6.45) is 5.31. The van der Waals surface area contributed by atoms with Crippen LogP contribution in [0.5, 0.6) is 5.75 Å². The minimum atomic E-state index is 0.376. The average molecular weight is 247 g/mol. The minimum Gasteiger partial charge on any atom is -0.508 e. The van der Waals surface area contributed by atoms with E-state index in [-0.39, 0.29) is 0 Å². The molecule has 2 rings (SSSR count). The quantitative estimate of drug-likeness (QED) is 0.873. The summed E-state index contributed by atoms with van der Waals surface area (Å²) in [6.45, 7) is 6.93. The van der Waals surface area contributed by atoms with Crippen molar-refractivity contribution in [3.8, 4) is 5.75 Å². The molecule has 1 aromatic rings. The summed E-state index contributed by atoms with van der Waals surface area (Å²) in [7, 11) is 0. The fourth-order valence-electron chi connectivity index (χ4n) is 2.98. The van der Waals surface area contributed by atoms with Gasteiger partial charge in [-0.05, 0) is 62.9 Å². The van der Waals surface area contributed by atoms with Crippen molar-refractivity contribution in [1.29, 1.82) is 0 Å². The lowest BCUT2D eigenvalue weighted by atomic mass is 9.98. The smallest absolute Gasteiger partial charge is 0.115 e. The van der Waals surface area contributed by atoms with Gasteiger partial charge in [0.2, 0.25) is 0 Å². The van der Waals surface area contributed by atoms with E-state index in [0.717, 1.165) is 5.92 Å². The number of rotatable bonds is 3. The first-order valence-corrected chi connectivity index (χ1v) is 7.23. The highest BCUT2D eigenvalue weighted by Gasteiger charge is 2.20. The lowest BCUT2D eigenvalue weighted by Gasteiger charge is -2.28. The third-order valence-electron chi connectivity index (χ3n) is 4.36. The molecule has 100 valence electrons. The molecule has 1 heterocycles. The van der Waals surface area contributed by atoms with Gasteiger partial charge in [0, 0.05) is 6.04 Å². The van der Waals surface area contributed by atoms with Crippen molar-refractivity contribution < 1.29 is 5.11 Å². The Hall–Kier alpha value is -1.02. The van der Waals surface area contributed by atoms with E-state index in [1.165, 1.54) is 44.3 Å². The largest absolute Gasteiger partial charge is 0.508 e. The highest BCUT2D eigenvalue weighted by molar-refractivity contribution is 5.29. The van der Waals surface area contributed by atoms with Crippen LogP contribution in [-0.2, 0) is 0 Å². The van der Waals surface area contributed by atoms with Crippen LogP contribution >= 0.6 is 0 Å². The van der Waals surface area contributed by atoms with Crippen LogP contribution in [0.3, 0.4) is 0 Å². The van der Waals surface area contributed by atoms with Crippen LogP contribution < -0.4 is 0 Å². The van der Waals surface area contributed by atoms with E-state index in [1.54, 1.807) is 6.07 Å². The molecule has 0 radical (unpaired) electrons. The molecule has 0 aromatic heterocycles. The Bertz CT molecular complexity index is 377. The van der Waals surface area contributed by atoms with E-state index in [1.807, 2.05) is 12.1 Å². The zero-order valence-electron chi connectivity index (χ0n) is 11.6. The van der Waals surface area contributed by atoms with Crippen LogP contribution in [0.2, 0.25) is 0 Å². The molecule has 1 aliphatic rings. The first-order valence-electron chi connectivity index (χ1n) is 7.23. The van der Waals surface area contributed by atoms with Crippen LogP contribution in [0.15, 0.2) is 24.3 Å². The number of phenols is 1.